The number of aromatic nitrogens is 1. The molecule has 1 spiro atoms. The van der Waals surface area contributed by atoms with E-state index in [1.165, 1.54) is 19.6 Å². The van der Waals surface area contributed by atoms with Crippen LogP contribution in [0.2, 0.25) is 0 Å². The van der Waals surface area contributed by atoms with Crippen LogP contribution >= 0.6 is 0 Å². The van der Waals surface area contributed by atoms with Gasteiger partial charge in [-0.25, -0.2) is 0 Å². The molecule has 2 unspecified atom stereocenters. The fourth-order valence-electron chi connectivity index (χ4n) is 14.0. The summed E-state index contributed by atoms with van der Waals surface area (Å²) in [6.07, 6.45) is 8.92. The van der Waals surface area contributed by atoms with Gasteiger partial charge >= 0.3 is 17.9 Å². The molecule has 65 heavy (non-hydrogen) atoms. The molecule has 12 nitrogen and oxygen atoms in total. The molecule has 2 N–H and O–H groups in total. The van der Waals surface area contributed by atoms with Crippen molar-refractivity contribution in [3.8, 4) is 5.75 Å². The summed E-state index contributed by atoms with van der Waals surface area (Å²) in [5, 5.41) is 14.9. The molecule has 6 heterocycles. The highest BCUT2D eigenvalue weighted by Gasteiger charge is 2.78. The second-order valence-corrected chi connectivity index (χ2v) is 19.5. The summed E-state index contributed by atoms with van der Waals surface area (Å²) >= 11 is 0. The van der Waals surface area contributed by atoms with E-state index in [2.05, 4.69) is 76.0 Å². The van der Waals surface area contributed by atoms with Gasteiger partial charge in [0.15, 0.2) is 5.60 Å². The Morgan fingerprint density at radius 3 is 2.49 bits per heavy atom. The molecule has 9 atom stereocenters. The summed E-state index contributed by atoms with van der Waals surface area (Å²) < 4.78 is 25.1. The number of benzene rings is 3. The molecule has 3 aromatic carbocycles. The van der Waals surface area contributed by atoms with Crippen LogP contribution in [0.5, 0.6) is 5.75 Å². The van der Waals surface area contributed by atoms with Crippen LogP contribution in [-0.4, -0.2) is 122 Å². The number of esters is 3. The second kappa shape index (κ2) is 16.2. The molecule has 12 heteroatoms. The predicted molar refractivity (Wildman–Crippen MR) is 248 cm³/mol. The summed E-state index contributed by atoms with van der Waals surface area (Å²) in [5.41, 5.74) is 2.65. The Kier molecular flexibility index (Phi) is 10.8. The predicted octanol–water partition coefficient (Wildman–Crippen LogP) is 6.41. The Morgan fingerprint density at radius 1 is 0.969 bits per heavy atom. The largest absolute Gasteiger partial charge is 0.496 e. The number of rotatable bonds is 10. The third kappa shape index (κ3) is 6.37. The molecule has 5 aliphatic heterocycles. The number of H-pyrrole nitrogens is 1. The minimum Gasteiger partial charge on any atom is -0.496 e. The number of ether oxygens (including phenoxy) is 4. The molecule has 10 rings (SSSR count). The van der Waals surface area contributed by atoms with E-state index in [9.17, 15) is 14.7 Å². The molecule has 1 saturated carbocycles. The smallest absolute Gasteiger partial charge is 0.322 e. The highest BCUT2D eigenvalue weighted by atomic mass is 16.6. The maximum absolute atomic E-state index is 15.4. The van der Waals surface area contributed by atoms with Crippen LogP contribution < -0.4 is 9.64 Å². The lowest BCUT2D eigenvalue weighted by molar-refractivity contribution is -0.232. The lowest BCUT2D eigenvalue weighted by Gasteiger charge is -2.64. The van der Waals surface area contributed by atoms with Crippen molar-refractivity contribution < 1.29 is 38.4 Å². The second-order valence-electron chi connectivity index (χ2n) is 19.5. The van der Waals surface area contributed by atoms with Crippen molar-refractivity contribution in [1.29, 1.82) is 0 Å². The molecule has 0 radical (unpaired) electrons. The molecule has 2 fully saturated rings. The first kappa shape index (κ1) is 43.5. The van der Waals surface area contributed by atoms with Crippen LogP contribution in [0.1, 0.15) is 74.4 Å². The molecule has 2 bridgehead atoms. The summed E-state index contributed by atoms with van der Waals surface area (Å²) in [4.78, 5) is 53.4. The van der Waals surface area contributed by atoms with Crippen molar-refractivity contribution in [3.63, 3.8) is 0 Å². The summed E-state index contributed by atoms with van der Waals surface area (Å²) in [6, 6.07) is 21.0. The normalized spacial score (nSPS) is 32.2. The average Bonchev–Trinajstić information content (AvgIpc) is 3.98. The Hall–Kier alpha value is -5.43. The van der Waals surface area contributed by atoms with Crippen LogP contribution in [0.3, 0.4) is 0 Å². The van der Waals surface area contributed by atoms with Crippen molar-refractivity contribution in [1.82, 2.24) is 14.8 Å². The highest BCUT2D eigenvalue weighted by molar-refractivity contribution is 5.94. The summed E-state index contributed by atoms with van der Waals surface area (Å²) in [6.45, 7) is 9.23. The van der Waals surface area contributed by atoms with Gasteiger partial charge in [0.25, 0.3) is 0 Å². The number of hydrogen-bond donors (Lipinski definition) is 2. The maximum Gasteiger partial charge on any atom is 0.322 e. The summed E-state index contributed by atoms with van der Waals surface area (Å²) in [5.74, 6) is -0.827. The zero-order chi connectivity index (χ0) is 45.5. The topological polar surface area (TPSA) is 134 Å². The molecule has 1 aromatic heterocycles. The van der Waals surface area contributed by atoms with Gasteiger partial charge in [-0.3, -0.25) is 24.2 Å². The van der Waals surface area contributed by atoms with Crippen molar-refractivity contribution in [2.24, 2.45) is 11.3 Å². The third-order valence-electron chi connectivity index (χ3n) is 16.3. The number of nitrogens with zero attached hydrogens (tertiary/aromatic N) is 3. The van der Waals surface area contributed by atoms with Gasteiger partial charge in [0, 0.05) is 90.9 Å². The SMILES string of the molecule is CCC1=C[C@@H]2CN(CCc3c([nH]c4ccccc34)[C@@](C(=O)OC)(c3cc4c(cc3OC)N(C)[C@H]3[C@@](O)(COC(=O)Cc5ccccc5)[C@H](OC(C)=O)[C@]5(CC)C=CCN6CC[C@]43C65)C2)C1. The number of aliphatic hydroxyl groups is 1. The van der Waals surface area contributed by atoms with Crippen LogP contribution in [0, 0.1) is 11.3 Å². The minimum atomic E-state index is -1.89. The third-order valence-corrected chi connectivity index (χ3v) is 16.3. The zero-order valence-electron chi connectivity index (χ0n) is 38.5. The van der Waals surface area contributed by atoms with E-state index in [1.807, 2.05) is 49.5 Å². The van der Waals surface area contributed by atoms with E-state index >= 15 is 4.79 Å². The van der Waals surface area contributed by atoms with Crippen molar-refractivity contribution >= 4 is 34.5 Å². The van der Waals surface area contributed by atoms with E-state index < -0.39 is 52.5 Å². The molecular weight excluding hydrogens is 821 g/mol. The Morgan fingerprint density at radius 2 is 1.75 bits per heavy atom. The molecule has 4 aromatic rings. The van der Waals surface area contributed by atoms with E-state index in [0.29, 0.717) is 37.1 Å². The molecule has 1 aliphatic carbocycles. The number of anilines is 1. The standard InChI is InChI=1S/C53H62N4O8/c1-7-34-25-36-29-52(49(60)63-6,45-38(19-23-56(30-34)31-36)37-17-12-13-18-41(37)54-45)40-27-39-42(28-43(40)62-5)55(4)47-51(39)21-24-57-22-14-20-50(8-2,46(51)57)48(65-33(3)58)53(47,61)32-64-44(59)26-35-15-10-9-11-16-35/h9-18,20,25,27-28,36,46-48,54,61H,7-8,19,21-24,26,29-32H2,1-6H3/t36-,46?,47+,48+,50+,51+,52-,53-/m0/s1. The number of nitrogens with one attached hydrogen (secondary N) is 1. The number of carbonyl (C=O) groups is 3. The lowest BCUT2D eigenvalue weighted by Crippen LogP contribution is -2.80. The minimum absolute atomic E-state index is 0.0229. The van der Waals surface area contributed by atoms with Crippen molar-refractivity contribution in [2.45, 2.75) is 93.9 Å². The number of hydrogen-bond acceptors (Lipinski definition) is 11. The van der Waals surface area contributed by atoms with Gasteiger partial charge in [0.2, 0.25) is 0 Å². The average molecular weight is 883 g/mol. The number of para-hydroxylation sites is 1. The Labute approximate surface area is 381 Å². The van der Waals surface area contributed by atoms with E-state index in [1.54, 1.807) is 7.11 Å². The van der Waals surface area contributed by atoms with E-state index in [0.717, 1.165) is 78.0 Å². The molecule has 0 amide bonds. The van der Waals surface area contributed by atoms with Crippen molar-refractivity contribution in [3.05, 3.63) is 118 Å². The molecule has 342 valence electrons. The van der Waals surface area contributed by atoms with Gasteiger partial charge in [-0.15, -0.1) is 0 Å². The van der Waals surface area contributed by atoms with Crippen molar-refractivity contribution in [2.75, 3.05) is 65.5 Å². The number of carbonyl (C=O) groups excluding carboxylic acids is 3. The summed E-state index contributed by atoms with van der Waals surface area (Å²) in [7, 11) is 5.11. The van der Waals surface area contributed by atoms with Gasteiger partial charge in [0.1, 0.15) is 23.9 Å². The fraction of sp³-hybridized carbons (Fsp3) is 0.491. The number of likely N-dealkylation sites (N-methyl/N-ethyl adjacent to an activating group) is 1. The monoisotopic (exact) mass is 882 g/mol. The molecule has 6 aliphatic rings. The van der Waals surface area contributed by atoms with Crippen LogP contribution in [0.15, 0.2) is 90.5 Å². The number of methoxy groups -OCH3 is 2. The molecular formula is C53H62N4O8. The van der Waals surface area contributed by atoms with Gasteiger partial charge in [-0.05, 0) is 73.4 Å². The first-order chi connectivity index (χ1) is 31.4. The van der Waals surface area contributed by atoms with Crippen LogP contribution in [-0.2, 0) is 52.3 Å². The van der Waals surface area contributed by atoms with E-state index in [-0.39, 0.29) is 24.3 Å². The quantitative estimate of drug-likeness (QED) is 0.104. The number of aromatic amines is 1. The lowest BCUT2D eigenvalue weighted by atomic mass is 9.47. The fourth-order valence-corrected chi connectivity index (χ4v) is 14.0. The first-order valence-electron chi connectivity index (χ1n) is 23.5. The van der Waals surface area contributed by atoms with Gasteiger partial charge in [0.05, 0.1) is 26.7 Å². The van der Waals surface area contributed by atoms with Gasteiger partial charge < -0.3 is 33.9 Å². The Bertz CT molecular complexity index is 2610. The first-order valence-corrected chi connectivity index (χ1v) is 23.5. The highest BCUT2D eigenvalue weighted by Crippen LogP contribution is 2.68. The van der Waals surface area contributed by atoms with Gasteiger partial charge in [-0.1, -0.05) is 86.2 Å². The Balaban J connectivity index is 1.22. The number of fused-ring (bicyclic) bond motifs is 6. The van der Waals surface area contributed by atoms with Crippen LogP contribution in [0.25, 0.3) is 10.9 Å². The van der Waals surface area contributed by atoms with Crippen LogP contribution in [0.4, 0.5) is 5.69 Å². The van der Waals surface area contributed by atoms with Gasteiger partial charge in [-0.2, -0.15) is 0 Å². The zero-order valence-corrected chi connectivity index (χ0v) is 38.5. The van der Waals surface area contributed by atoms with E-state index in [4.69, 9.17) is 18.9 Å². The maximum atomic E-state index is 15.4. The molecule has 1 saturated heterocycles.